The quantitative estimate of drug-likeness (QED) is 0.131. The average Bonchev–Trinajstić information content (AvgIpc) is 3.22. The van der Waals surface area contributed by atoms with Gasteiger partial charge in [0.15, 0.2) is 0 Å². The molecule has 0 unspecified atom stereocenters. The molecule has 3 heteroatoms. The lowest BCUT2D eigenvalue weighted by Crippen LogP contribution is -2.58. The lowest BCUT2D eigenvalue weighted by atomic mass is 9.36. The molecule has 0 amide bonds. The zero-order valence-corrected chi connectivity index (χ0v) is 32.7. The van der Waals surface area contributed by atoms with Gasteiger partial charge in [0.2, 0.25) is 6.71 Å². The highest BCUT2D eigenvalue weighted by Crippen LogP contribution is 2.49. The first-order chi connectivity index (χ1) is 26.9. The van der Waals surface area contributed by atoms with Crippen LogP contribution in [-0.2, 0) is 5.41 Å². The molecule has 2 heterocycles. The first-order valence-electron chi connectivity index (χ1n) is 19.2. The van der Waals surface area contributed by atoms with E-state index in [1.807, 2.05) is 23.5 Å². The van der Waals surface area contributed by atoms with Crippen LogP contribution in [0.4, 0.5) is 0 Å². The van der Waals surface area contributed by atoms with Crippen molar-refractivity contribution in [2.45, 2.75) is 45.8 Å². The Bertz CT molecular complexity index is 2970. The summed E-state index contributed by atoms with van der Waals surface area (Å²) in [6.45, 7) is 7.18. The molecule has 0 spiro atoms. The molecule has 0 saturated carbocycles. The van der Waals surface area contributed by atoms with Gasteiger partial charge in [-0.2, -0.15) is 0 Å². The van der Waals surface area contributed by atoms with E-state index in [1.165, 1.54) is 107 Å². The molecule has 2 aliphatic heterocycles. The molecule has 0 N–H and O–H groups in total. The van der Waals surface area contributed by atoms with Crippen LogP contribution in [-0.4, -0.2) is 6.71 Å². The molecule has 0 fully saturated rings. The largest absolute Gasteiger partial charge is 0.247 e. The van der Waals surface area contributed by atoms with E-state index in [2.05, 4.69) is 191 Å². The number of fused-ring (bicyclic) bond motifs is 7. The highest BCUT2D eigenvalue weighted by atomic mass is 32.2. The number of hydrogen-bond donors (Lipinski definition) is 0. The van der Waals surface area contributed by atoms with Gasteiger partial charge in [0.05, 0.1) is 0 Å². The summed E-state index contributed by atoms with van der Waals surface area (Å²) in [5.41, 5.74) is 13.4. The summed E-state index contributed by atoms with van der Waals surface area (Å²) in [5.74, 6) is 0. The van der Waals surface area contributed by atoms with Crippen LogP contribution in [0.25, 0.3) is 65.7 Å². The zero-order chi connectivity index (χ0) is 36.8. The molecular formula is C52H37BS2. The molecule has 260 valence electrons. The van der Waals surface area contributed by atoms with Crippen LogP contribution in [0.5, 0.6) is 0 Å². The Hall–Kier alpha value is -5.48. The molecule has 0 radical (unpaired) electrons. The third kappa shape index (κ3) is 5.17. The molecule has 0 aromatic heterocycles. The Kier molecular flexibility index (Phi) is 7.50. The summed E-state index contributed by atoms with van der Waals surface area (Å²) in [5, 5.41) is 7.68. The maximum absolute atomic E-state index is 2.51. The topological polar surface area (TPSA) is 0 Å². The smallest absolute Gasteiger partial charge is 0.0911 e. The van der Waals surface area contributed by atoms with Gasteiger partial charge in [-0.3, -0.25) is 0 Å². The van der Waals surface area contributed by atoms with Gasteiger partial charge in [0.1, 0.15) is 0 Å². The van der Waals surface area contributed by atoms with Crippen molar-refractivity contribution in [1.29, 1.82) is 0 Å². The van der Waals surface area contributed by atoms with Gasteiger partial charge in [-0.15, -0.1) is 0 Å². The fraction of sp³-hybridized carbons (Fsp3) is 0.0769. The first kappa shape index (κ1) is 32.9. The predicted octanol–water partition coefficient (Wildman–Crippen LogP) is 12.9. The molecule has 55 heavy (non-hydrogen) atoms. The Labute approximate surface area is 331 Å². The van der Waals surface area contributed by atoms with Crippen molar-refractivity contribution >= 4 is 78.9 Å². The third-order valence-corrected chi connectivity index (χ3v) is 14.0. The monoisotopic (exact) mass is 736 g/mol. The molecule has 0 nitrogen and oxygen atoms in total. The number of rotatable bonds is 3. The van der Waals surface area contributed by atoms with Crippen molar-refractivity contribution in [3.63, 3.8) is 0 Å². The van der Waals surface area contributed by atoms with E-state index in [-0.39, 0.29) is 12.1 Å². The van der Waals surface area contributed by atoms with Gasteiger partial charge in [-0.05, 0) is 106 Å². The van der Waals surface area contributed by atoms with Crippen LogP contribution in [0.1, 0.15) is 26.3 Å². The second-order valence-corrected chi connectivity index (χ2v) is 18.1. The normalized spacial score (nSPS) is 13.2. The second-order valence-electron chi connectivity index (χ2n) is 16.0. The maximum Gasteiger partial charge on any atom is 0.247 e. The van der Waals surface area contributed by atoms with Crippen LogP contribution >= 0.6 is 23.5 Å². The van der Waals surface area contributed by atoms with Crippen LogP contribution in [0.15, 0.2) is 189 Å². The van der Waals surface area contributed by atoms with Crippen molar-refractivity contribution in [3.8, 4) is 33.4 Å². The van der Waals surface area contributed by atoms with E-state index >= 15 is 0 Å². The molecule has 11 rings (SSSR count). The summed E-state index contributed by atoms with van der Waals surface area (Å²) in [7, 11) is 0. The summed E-state index contributed by atoms with van der Waals surface area (Å²) < 4.78 is 0. The molecule has 9 aromatic carbocycles. The van der Waals surface area contributed by atoms with Crippen LogP contribution < -0.4 is 16.4 Å². The van der Waals surface area contributed by atoms with E-state index in [9.17, 15) is 0 Å². The fourth-order valence-corrected chi connectivity index (χ4v) is 11.7. The van der Waals surface area contributed by atoms with Gasteiger partial charge in [-0.25, -0.2) is 0 Å². The van der Waals surface area contributed by atoms with Crippen LogP contribution in [0, 0.1) is 0 Å². The molecule has 0 bridgehead atoms. The lowest BCUT2D eigenvalue weighted by Gasteiger charge is -2.34. The molecule has 0 atom stereocenters. The summed E-state index contributed by atoms with van der Waals surface area (Å²) >= 11 is 3.90. The fourth-order valence-electron chi connectivity index (χ4n) is 9.17. The second kappa shape index (κ2) is 12.5. The number of benzene rings is 9. The highest BCUT2D eigenvalue weighted by Gasteiger charge is 2.39. The Morgan fingerprint density at radius 1 is 0.382 bits per heavy atom. The summed E-state index contributed by atoms with van der Waals surface area (Å²) in [6, 6.07) is 63.9. The minimum atomic E-state index is 0.0793. The van der Waals surface area contributed by atoms with E-state index in [1.54, 1.807) is 0 Å². The minimum Gasteiger partial charge on any atom is -0.0911 e. The van der Waals surface area contributed by atoms with Crippen molar-refractivity contribution < 1.29 is 0 Å². The predicted molar refractivity (Wildman–Crippen MR) is 240 cm³/mol. The average molecular weight is 737 g/mol. The molecule has 2 aliphatic rings. The van der Waals surface area contributed by atoms with Crippen molar-refractivity contribution in [3.05, 3.63) is 175 Å². The lowest BCUT2D eigenvalue weighted by molar-refractivity contribution is 0.589. The minimum absolute atomic E-state index is 0.0793. The zero-order valence-electron chi connectivity index (χ0n) is 31.1. The Morgan fingerprint density at radius 3 is 1.55 bits per heavy atom. The van der Waals surface area contributed by atoms with Crippen molar-refractivity contribution in [2.24, 2.45) is 0 Å². The third-order valence-electron chi connectivity index (χ3n) is 11.8. The van der Waals surface area contributed by atoms with Gasteiger partial charge >= 0.3 is 0 Å². The molecule has 0 saturated heterocycles. The van der Waals surface area contributed by atoms with E-state index in [4.69, 9.17) is 0 Å². The van der Waals surface area contributed by atoms with E-state index < -0.39 is 0 Å². The molecule has 9 aromatic rings. The molecular weight excluding hydrogens is 700 g/mol. The van der Waals surface area contributed by atoms with Crippen LogP contribution in [0.2, 0.25) is 0 Å². The Morgan fingerprint density at radius 2 is 0.891 bits per heavy atom. The van der Waals surface area contributed by atoms with E-state index in [0.717, 1.165) is 0 Å². The van der Waals surface area contributed by atoms with Gasteiger partial charge in [0.25, 0.3) is 0 Å². The van der Waals surface area contributed by atoms with Crippen LogP contribution in [0.3, 0.4) is 0 Å². The summed E-state index contributed by atoms with van der Waals surface area (Å²) in [6.07, 6.45) is 0. The van der Waals surface area contributed by atoms with Crippen molar-refractivity contribution in [1.82, 2.24) is 0 Å². The Balaban J connectivity index is 1.17. The number of hydrogen-bond acceptors (Lipinski definition) is 2. The summed E-state index contributed by atoms with van der Waals surface area (Å²) in [4.78, 5) is 5.48. The van der Waals surface area contributed by atoms with Gasteiger partial charge < -0.3 is 0 Å². The van der Waals surface area contributed by atoms with Gasteiger partial charge in [-0.1, -0.05) is 201 Å². The van der Waals surface area contributed by atoms with E-state index in [0.29, 0.717) is 0 Å². The highest BCUT2D eigenvalue weighted by molar-refractivity contribution is 8.01. The standard InChI is InChI=1S/C52H37BS2/c1-52(2,3)34-25-28-44-46(31-34)55-48-30-33(29-47-51(48)53(44)43-23-13-14-24-45(43)54-47)49-38-19-9-11-21-40(38)50(41-22-12-10-20-39(41)49)42-27-26-35(32-15-5-4-6-16-32)36-17-7-8-18-37(36)42/h4-31H,1-3H3. The first-order valence-corrected chi connectivity index (χ1v) is 20.8. The van der Waals surface area contributed by atoms with Crippen molar-refractivity contribution in [2.75, 3.05) is 0 Å². The van der Waals surface area contributed by atoms with Gasteiger partial charge in [0, 0.05) is 19.6 Å². The maximum atomic E-state index is 2.51. The SMILES string of the molecule is CC(C)(C)c1ccc2c(c1)Sc1cc(-c3c4ccccc4c(-c4ccc(-c5ccccc5)c5ccccc45)c4ccccc34)cc3c1B2c1ccccc1S3. The molecule has 0 aliphatic carbocycles.